The van der Waals surface area contributed by atoms with Gasteiger partial charge in [-0.3, -0.25) is 4.98 Å². The van der Waals surface area contributed by atoms with Crippen LogP contribution in [-0.4, -0.2) is 26.8 Å². The van der Waals surface area contributed by atoms with E-state index in [9.17, 15) is 10.2 Å². The van der Waals surface area contributed by atoms with Crippen molar-refractivity contribution in [2.45, 2.75) is 61.0 Å². The van der Waals surface area contributed by atoms with Gasteiger partial charge in [0.05, 0.1) is 5.69 Å². The Hall–Kier alpha value is -1.86. The van der Waals surface area contributed by atoms with Gasteiger partial charge in [0.15, 0.2) is 11.0 Å². The van der Waals surface area contributed by atoms with Crippen molar-refractivity contribution in [2.24, 2.45) is 5.92 Å². The van der Waals surface area contributed by atoms with Crippen molar-refractivity contribution in [1.29, 1.82) is 0 Å². The van der Waals surface area contributed by atoms with E-state index in [4.69, 9.17) is 21.0 Å². The predicted molar refractivity (Wildman–Crippen MR) is 122 cm³/mol. The zero-order chi connectivity index (χ0) is 22.0. The normalized spacial score (nSPS) is 19.5. The van der Waals surface area contributed by atoms with Gasteiger partial charge in [-0.15, -0.1) is 0 Å². The Morgan fingerprint density at radius 3 is 2.39 bits per heavy atom. The Labute approximate surface area is 191 Å². The molecule has 3 aromatic rings. The Balaban J connectivity index is 1.66. The van der Waals surface area contributed by atoms with Crippen LogP contribution in [0.4, 0.5) is 0 Å². The van der Waals surface area contributed by atoms with Gasteiger partial charge in [0.1, 0.15) is 11.3 Å². The number of aliphatic hydroxyl groups is 2. The van der Waals surface area contributed by atoms with Crippen LogP contribution in [0.15, 0.2) is 57.0 Å². The number of benzene rings is 1. The summed E-state index contributed by atoms with van der Waals surface area (Å²) in [5.74, 6) is 1.38. The van der Waals surface area contributed by atoms with E-state index in [0.717, 1.165) is 52.8 Å². The maximum Gasteiger partial charge on any atom is 0.199 e. The summed E-state index contributed by atoms with van der Waals surface area (Å²) in [6.07, 6.45) is 5.64. The minimum Gasteiger partial charge on any atom is -0.433 e. The average Bonchev–Trinajstić information content (AvgIpc) is 3.18. The Bertz CT molecular complexity index is 1000. The first-order valence-corrected chi connectivity index (χ1v) is 11.8. The highest BCUT2D eigenvalue weighted by Crippen LogP contribution is 2.42. The number of pyridine rings is 1. The van der Waals surface area contributed by atoms with Crippen molar-refractivity contribution in [3.63, 3.8) is 0 Å². The quantitative estimate of drug-likeness (QED) is 0.469. The maximum atomic E-state index is 10.2. The van der Waals surface area contributed by atoms with Gasteiger partial charge in [0, 0.05) is 34.2 Å². The van der Waals surface area contributed by atoms with E-state index >= 15 is 0 Å². The number of aliphatic hydroxyl groups excluding tert-OH is 1. The van der Waals surface area contributed by atoms with Crippen LogP contribution in [0.3, 0.4) is 0 Å². The summed E-state index contributed by atoms with van der Waals surface area (Å²) >= 11 is 7.54. The lowest BCUT2D eigenvalue weighted by atomic mass is 9.82. The fourth-order valence-electron chi connectivity index (χ4n) is 3.85. The summed E-state index contributed by atoms with van der Waals surface area (Å²) in [5, 5.41) is 21.1. The monoisotopic (exact) mass is 458 g/mol. The van der Waals surface area contributed by atoms with Crippen LogP contribution in [0.25, 0.3) is 11.3 Å². The zero-order valence-electron chi connectivity index (χ0n) is 17.7. The molecule has 1 fully saturated rings. The van der Waals surface area contributed by atoms with Crippen LogP contribution in [-0.2, 0) is 5.60 Å². The number of hydrogen-bond donors (Lipinski definition) is 2. The summed E-state index contributed by atoms with van der Waals surface area (Å²) in [4.78, 5) is 10.3. The van der Waals surface area contributed by atoms with Crippen molar-refractivity contribution < 1.29 is 14.6 Å². The van der Waals surface area contributed by atoms with Crippen LogP contribution in [0.2, 0.25) is 5.02 Å². The number of aromatic nitrogens is 2. The van der Waals surface area contributed by atoms with E-state index in [0.29, 0.717) is 16.6 Å². The summed E-state index contributed by atoms with van der Waals surface area (Å²) in [5.41, 5.74) is 1.21. The largest absolute Gasteiger partial charge is 0.433 e. The van der Waals surface area contributed by atoms with Crippen LogP contribution in [0.5, 0.6) is 0 Å². The lowest BCUT2D eigenvalue weighted by molar-refractivity contribution is 0.0739. The van der Waals surface area contributed by atoms with Crippen LogP contribution >= 0.6 is 23.4 Å². The van der Waals surface area contributed by atoms with Gasteiger partial charge in [-0.05, 0) is 93.6 Å². The number of rotatable bonds is 6. The maximum absolute atomic E-state index is 10.2. The second-order valence-corrected chi connectivity index (χ2v) is 10.1. The molecule has 1 aliphatic rings. The minimum absolute atomic E-state index is 0.250. The lowest BCUT2D eigenvalue weighted by Crippen LogP contribution is -2.17. The predicted octanol–water partition coefficient (Wildman–Crippen LogP) is 6.03. The highest BCUT2D eigenvalue weighted by atomic mass is 35.5. The molecule has 0 amide bonds. The van der Waals surface area contributed by atoms with E-state index in [1.807, 2.05) is 36.4 Å². The van der Waals surface area contributed by atoms with Crippen molar-refractivity contribution >= 4 is 23.4 Å². The SMILES string of the molecule is CC(C)(O)c1ccc(-c2nc([C@H]3CC[C@H](CO)CC3)oc2Sc2ccc(Cl)cc2)cn1. The second kappa shape index (κ2) is 9.33. The molecule has 0 bridgehead atoms. The van der Waals surface area contributed by atoms with Crippen molar-refractivity contribution in [1.82, 2.24) is 9.97 Å². The molecule has 0 aliphatic heterocycles. The van der Waals surface area contributed by atoms with Crippen molar-refractivity contribution in [3.05, 3.63) is 59.2 Å². The van der Waals surface area contributed by atoms with Crippen LogP contribution in [0.1, 0.15) is 57.0 Å². The molecule has 31 heavy (non-hydrogen) atoms. The van der Waals surface area contributed by atoms with Crippen molar-refractivity contribution in [3.8, 4) is 11.3 Å². The molecule has 0 radical (unpaired) electrons. The zero-order valence-corrected chi connectivity index (χ0v) is 19.3. The van der Waals surface area contributed by atoms with Crippen LogP contribution < -0.4 is 0 Å². The van der Waals surface area contributed by atoms with Gasteiger partial charge in [0.2, 0.25) is 0 Å². The molecule has 164 valence electrons. The first-order valence-electron chi connectivity index (χ1n) is 10.6. The summed E-state index contributed by atoms with van der Waals surface area (Å²) < 4.78 is 6.29. The molecule has 0 unspecified atom stereocenters. The molecule has 5 nitrogen and oxygen atoms in total. The van der Waals surface area contributed by atoms with Crippen LogP contribution in [0, 0.1) is 5.92 Å². The molecule has 1 saturated carbocycles. The van der Waals surface area contributed by atoms with Gasteiger partial charge >= 0.3 is 0 Å². The highest BCUT2D eigenvalue weighted by Gasteiger charge is 2.28. The molecule has 0 spiro atoms. The number of halogens is 1. The fraction of sp³-hybridized carbons (Fsp3) is 0.417. The second-order valence-electron chi connectivity index (χ2n) is 8.64. The van der Waals surface area contributed by atoms with E-state index in [2.05, 4.69) is 4.98 Å². The molecule has 0 atom stereocenters. The average molecular weight is 459 g/mol. The lowest BCUT2D eigenvalue weighted by Gasteiger charge is -2.24. The van der Waals surface area contributed by atoms with Gasteiger partial charge in [-0.2, -0.15) is 0 Å². The van der Waals surface area contributed by atoms with Gasteiger partial charge in [0.25, 0.3) is 0 Å². The molecule has 1 aromatic carbocycles. The Kier molecular flexibility index (Phi) is 6.72. The summed E-state index contributed by atoms with van der Waals surface area (Å²) in [6.45, 7) is 3.68. The third kappa shape index (κ3) is 5.32. The third-order valence-corrected chi connectivity index (χ3v) is 6.98. The topological polar surface area (TPSA) is 79.4 Å². The summed E-state index contributed by atoms with van der Waals surface area (Å²) in [7, 11) is 0. The van der Waals surface area contributed by atoms with Crippen molar-refractivity contribution in [2.75, 3.05) is 6.61 Å². The van der Waals surface area contributed by atoms with E-state index in [1.54, 1.807) is 20.0 Å². The summed E-state index contributed by atoms with van der Waals surface area (Å²) in [6, 6.07) is 11.4. The Morgan fingerprint density at radius 1 is 1.10 bits per heavy atom. The molecule has 0 saturated heterocycles. The Morgan fingerprint density at radius 2 is 1.81 bits per heavy atom. The molecule has 1 aliphatic carbocycles. The highest BCUT2D eigenvalue weighted by molar-refractivity contribution is 7.99. The van der Waals surface area contributed by atoms with Gasteiger partial charge < -0.3 is 14.6 Å². The van der Waals surface area contributed by atoms with E-state index in [1.165, 1.54) is 11.8 Å². The molecule has 2 N–H and O–H groups in total. The minimum atomic E-state index is -1.00. The van der Waals surface area contributed by atoms with Gasteiger partial charge in [-0.1, -0.05) is 11.6 Å². The first kappa shape index (κ1) is 22.3. The fourth-order valence-corrected chi connectivity index (χ4v) is 4.85. The molecule has 2 aromatic heterocycles. The van der Waals surface area contributed by atoms with Gasteiger partial charge in [-0.25, -0.2) is 4.98 Å². The molecule has 2 heterocycles. The third-order valence-electron chi connectivity index (χ3n) is 5.75. The smallest absolute Gasteiger partial charge is 0.199 e. The molecular formula is C24H27ClN2O3S. The first-order chi connectivity index (χ1) is 14.8. The van der Waals surface area contributed by atoms with E-state index < -0.39 is 5.60 Å². The number of hydrogen-bond acceptors (Lipinski definition) is 6. The molecule has 4 rings (SSSR count). The van der Waals surface area contributed by atoms with E-state index in [-0.39, 0.29) is 12.5 Å². The number of oxazole rings is 1. The molecular weight excluding hydrogens is 432 g/mol. The number of nitrogens with zero attached hydrogens (tertiary/aromatic N) is 2. The standard InChI is InChI=1S/C24H27ClN2O3S/c1-24(2,29)20-12-7-17(13-26-20)21-23(31-19-10-8-18(25)9-11-19)30-22(27-21)16-5-3-15(14-28)4-6-16/h7-13,15-16,28-29H,3-6,14H2,1-2H3/t15-,16-. The molecule has 7 heteroatoms.